The first kappa shape index (κ1) is 50.9. The van der Waals surface area contributed by atoms with Crippen LogP contribution in [0.25, 0.3) is 139 Å². The zero-order chi connectivity index (χ0) is 55.9. The van der Waals surface area contributed by atoms with Gasteiger partial charge in [0, 0.05) is 16.5 Å². The summed E-state index contributed by atoms with van der Waals surface area (Å²) in [6, 6.07) is 116. The summed E-state index contributed by atoms with van der Waals surface area (Å²) in [5, 5.41) is 2.40. The standard InChI is InChI=1S/C82H61N/c1-82(2,3)78-42-24-25-43-81(78)83-79-46-44-60(62-48-64(72-38-20-16-34-68(72)56-26-8-4-9-27-56)52-65(49-62)73-39-21-17-35-69(73)57-28-10-5-11-29-57)54-76(79)77-55-61(45-47-80(77)83)63-50-66(74-40-22-18-36-70(74)58-30-12-6-13-31-58)53-67(51-63)75-41-23-19-37-71(75)59-32-14-7-15-33-59/h4-55H,1-3H3. The van der Waals surface area contributed by atoms with E-state index >= 15 is 0 Å². The fraction of sp³-hybridized carbons (Fsp3) is 0.0488. The molecule has 13 aromatic carbocycles. The van der Waals surface area contributed by atoms with Gasteiger partial charge in [-0.3, -0.25) is 0 Å². The summed E-state index contributed by atoms with van der Waals surface area (Å²) in [5.74, 6) is 0. The first-order valence-electron chi connectivity index (χ1n) is 28.9. The van der Waals surface area contributed by atoms with Crippen molar-refractivity contribution in [2.45, 2.75) is 26.2 Å². The topological polar surface area (TPSA) is 4.93 Å². The molecule has 0 radical (unpaired) electrons. The third kappa shape index (κ3) is 9.77. The molecular formula is C82H61N. The van der Waals surface area contributed by atoms with E-state index in [-0.39, 0.29) is 5.41 Å². The highest BCUT2D eigenvalue weighted by atomic mass is 15.0. The second-order valence-electron chi connectivity index (χ2n) is 22.8. The van der Waals surface area contributed by atoms with Gasteiger partial charge in [0.05, 0.1) is 11.0 Å². The Bertz CT molecular complexity index is 4200. The fourth-order valence-electron chi connectivity index (χ4n) is 12.6. The Balaban J connectivity index is 1.02. The molecule has 1 heterocycles. The fourth-order valence-corrected chi connectivity index (χ4v) is 12.6. The average molecular weight is 1060 g/mol. The number of hydrogen-bond acceptors (Lipinski definition) is 0. The van der Waals surface area contributed by atoms with E-state index in [2.05, 4.69) is 341 Å². The number of nitrogens with zero attached hydrogens (tertiary/aromatic N) is 1. The van der Waals surface area contributed by atoms with Crippen LogP contribution in [-0.4, -0.2) is 4.57 Å². The number of rotatable bonds is 11. The van der Waals surface area contributed by atoms with Gasteiger partial charge in [0.1, 0.15) is 0 Å². The molecule has 0 fully saturated rings. The first-order chi connectivity index (χ1) is 40.8. The largest absolute Gasteiger partial charge is 0.309 e. The molecule has 0 aliphatic heterocycles. The van der Waals surface area contributed by atoms with Crippen LogP contribution in [0.2, 0.25) is 0 Å². The van der Waals surface area contributed by atoms with Crippen LogP contribution in [0.15, 0.2) is 315 Å². The Morgan fingerprint density at radius 1 is 0.205 bits per heavy atom. The van der Waals surface area contributed by atoms with Crippen LogP contribution in [0, 0.1) is 0 Å². The minimum Gasteiger partial charge on any atom is -0.309 e. The van der Waals surface area contributed by atoms with Crippen molar-refractivity contribution in [2.24, 2.45) is 0 Å². The molecule has 0 amide bonds. The van der Waals surface area contributed by atoms with Crippen LogP contribution in [-0.2, 0) is 5.41 Å². The molecule has 394 valence electrons. The Kier molecular flexibility index (Phi) is 13.2. The van der Waals surface area contributed by atoms with E-state index in [0.717, 1.165) is 22.3 Å². The summed E-state index contributed by atoms with van der Waals surface area (Å²) in [6.07, 6.45) is 0. The van der Waals surface area contributed by atoms with Crippen molar-refractivity contribution in [2.75, 3.05) is 0 Å². The lowest BCUT2D eigenvalue weighted by Crippen LogP contribution is -2.15. The Labute approximate surface area is 487 Å². The van der Waals surface area contributed by atoms with Crippen molar-refractivity contribution >= 4 is 21.8 Å². The van der Waals surface area contributed by atoms with E-state index in [0.29, 0.717) is 0 Å². The van der Waals surface area contributed by atoms with E-state index in [4.69, 9.17) is 0 Å². The van der Waals surface area contributed by atoms with Crippen molar-refractivity contribution < 1.29 is 0 Å². The minimum atomic E-state index is -0.106. The molecule has 1 aromatic heterocycles. The summed E-state index contributed by atoms with van der Waals surface area (Å²) in [7, 11) is 0. The first-order valence-corrected chi connectivity index (χ1v) is 28.9. The van der Waals surface area contributed by atoms with Crippen LogP contribution < -0.4 is 0 Å². The smallest absolute Gasteiger partial charge is 0.0541 e. The average Bonchev–Trinajstić information content (AvgIpc) is 2.51. The minimum absolute atomic E-state index is 0.106. The number of aromatic nitrogens is 1. The van der Waals surface area contributed by atoms with Crippen molar-refractivity contribution in [1.29, 1.82) is 0 Å². The summed E-state index contributed by atoms with van der Waals surface area (Å²) < 4.78 is 2.51. The van der Waals surface area contributed by atoms with Gasteiger partial charge in [-0.2, -0.15) is 0 Å². The maximum absolute atomic E-state index is 2.51. The Morgan fingerprint density at radius 2 is 0.458 bits per heavy atom. The number of fused-ring (bicyclic) bond motifs is 3. The molecule has 0 spiro atoms. The molecule has 1 heteroatoms. The highest BCUT2D eigenvalue weighted by Gasteiger charge is 2.24. The molecule has 0 aliphatic rings. The molecule has 0 unspecified atom stereocenters. The number of para-hydroxylation sites is 1. The third-order valence-corrected chi connectivity index (χ3v) is 16.5. The monoisotopic (exact) mass is 1060 g/mol. The molecule has 0 saturated heterocycles. The van der Waals surface area contributed by atoms with Gasteiger partial charge in [-0.05, 0) is 189 Å². The van der Waals surface area contributed by atoms with Crippen LogP contribution in [0.3, 0.4) is 0 Å². The van der Waals surface area contributed by atoms with Gasteiger partial charge >= 0.3 is 0 Å². The predicted molar refractivity (Wildman–Crippen MR) is 354 cm³/mol. The third-order valence-electron chi connectivity index (χ3n) is 16.5. The van der Waals surface area contributed by atoms with Crippen LogP contribution >= 0.6 is 0 Å². The van der Waals surface area contributed by atoms with Gasteiger partial charge in [-0.25, -0.2) is 0 Å². The van der Waals surface area contributed by atoms with E-state index in [9.17, 15) is 0 Å². The summed E-state index contributed by atoms with van der Waals surface area (Å²) >= 11 is 0. The molecule has 0 aliphatic carbocycles. The van der Waals surface area contributed by atoms with Gasteiger partial charge in [-0.1, -0.05) is 269 Å². The second kappa shape index (κ2) is 21.6. The molecule has 14 aromatic rings. The van der Waals surface area contributed by atoms with Gasteiger partial charge in [0.25, 0.3) is 0 Å². The van der Waals surface area contributed by atoms with Crippen molar-refractivity contribution in [3.63, 3.8) is 0 Å². The lowest BCUT2D eigenvalue weighted by Gasteiger charge is -2.24. The van der Waals surface area contributed by atoms with E-state index in [1.54, 1.807) is 0 Å². The lowest BCUT2D eigenvalue weighted by atomic mass is 9.85. The molecule has 83 heavy (non-hydrogen) atoms. The van der Waals surface area contributed by atoms with Crippen molar-refractivity contribution in [3.8, 4) is 117 Å². The van der Waals surface area contributed by atoms with Gasteiger partial charge in [0.2, 0.25) is 0 Å². The zero-order valence-electron chi connectivity index (χ0n) is 47.0. The second-order valence-corrected chi connectivity index (χ2v) is 22.8. The van der Waals surface area contributed by atoms with E-state index < -0.39 is 0 Å². The highest BCUT2D eigenvalue weighted by molar-refractivity contribution is 6.12. The zero-order valence-corrected chi connectivity index (χ0v) is 47.0. The van der Waals surface area contributed by atoms with E-state index in [1.807, 2.05) is 0 Å². The van der Waals surface area contributed by atoms with Crippen LogP contribution in [0.5, 0.6) is 0 Å². The summed E-state index contributed by atoms with van der Waals surface area (Å²) in [6.45, 7) is 6.97. The maximum Gasteiger partial charge on any atom is 0.0541 e. The van der Waals surface area contributed by atoms with Crippen LogP contribution in [0.1, 0.15) is 26.3 Å². The normalized spacial score (nSPS) is 11.6. The summed E-state index contributed by atoms with van der Waals surface area (Å²) in [5.41, 5.74) is 28.4. The number of hydrogen-bond donors (Lipinski definition) is 0. The van der Waals surface area contributed by atoms with Crippen LogP contribution in [0.4, 0.5) is 0 Å². The van der Waals surface area contributed by atoms with Gasteiger partial charge in [0.15, 0.2) is 0 Å². The molecule has 0 N–H and O–H groups in total. The predicted octanol–water partition coefficient (Wildman–Crippen LogP) is 22.8. The van der Waals surface area contributed by atoms with Gasteiger partial charge in [-0.15, -0.1) is 0 Å². The summed E-state index contributed by atoms with van der Waals surface area (Å²) in [4.78, 5) is 0. The molecule has 0 atom stereocenters. The molecule has 0 saturated carbocycles. The van der Waals surface area contributed by atoms with Gasteiger partial charge < -0.3 is 4.57 Å². The van der Waals surface area contributed by atoms with E-state index in [1.165, 1.54) is 122 Å². The number of benzene rings is 13. The van der Waals surface area contributed by atoms with Crippen molar-refractivity contribution in [3.05, 3.63) is 321 Å². The maximum atomic E-state index is 2.51. The Hall–Kier alpha value is -10.3. The van der Waals surface area contributed by atoms with Crippen molar-refractivity contribution in [1.82, 2.24) is 4.57 Å². The Morgan fingerprint density at radius 3 is 0.759 bits per heavy atom. The lowest BCUT2D eigenvalue weighted by molar-refractivity contribution is 0.587. The molecule has 1 nitrogen and oxygen atoms in total. The SMILES string of the molecule is CC(C)(C)c1ccccc1-n1c2ccc(-c3cc(-c4ccccc4-c4ccccc4)cc(-c4ccccc4-c4ccccc4)c3)cc2c2cc(-c3cc(-c4ccccc4-c4ccccc4)cc(-c4ccccc4-c4ccccc4)c3)ccc21. The molecular weight excluding hydrogens is 999 g/mol. The quantitative estimate of drug-likeness (QED) is 0.122. The highest BCUT2D eigenvalue weighted by Crippen LogP contribution is 2.46. The molecule has 0 bridgehead atoms. The molecule has 14 rings (SSSR count).